The second-order valence-corrected chi connectivity index (χ2v) is 4.71. The predicted molar refractivity (Wildman–Crippen MR) is 66.0 cm³/mol. The molecule has 0 radical (unpaired) electrons. The molecule has 0 saturated heterocycles. The highest BCUT2D eigenvalue weighted by atomic mass is 16.5. The van der Waals surface area contributed by atoms with Crippen molar-refractivity contribution in [2.75, 3.05) is 7.11 Å². The number of nitrogens with two attached hydrogens (primary N) is 1. The average Bonchev–Trinajstić information content (AvgIpc) is 2.26. The third-order valence-electron chi connectivity index (χ3n) is 3.34. The Kier molecular flexibility index (Phi) is 3.64. The Labute approximate surface area is 102 Å². The van der Waals surface area contributed by atoms with Crippen molar-refractivity contribution in [1.29, 1.82) is 0 Å². The molecule has 1 aromatic heterocycles. The molecule has 0 spiro atoms. The van der Waals surface area contributed by atoms with Crippen molar-refractivity contribution in [3.8, 4) is 5.75 Å². The van der Waals surface area contributed by atoms with Gasteiger partial charge in [0.15, 0.2) is 0 Å². The van der Waals surface area contributed by atoms with Crippen LogP contribution < -0.4 is 10.5 Å². The molecule has 1 heterocycles. The Morgan fingerprint density at radius 3 is 2.71 bits per heavy atom. The first kappa shape index (κ1) is 12.3. The van der Waals surface area contributed by atoms with E-state index in [-0.39, 0.29) is 0 Å². The summed E-state index contributed by atoms with van der Waals surface area (Å²) in [5.41, 5.74) is 8.79. The zero-order chi connectivity index (χ0) is 12.4. The van der Waals surface area contributed by atoms with Crippen molar-refractivity contribution in [3.63, 3.8) is 0 Å². The zero-order valence-corrected chi connectivity index (χ0v) is 10.7. The minimum atomic E-state index is 0.304. The molecule has 2 N–H and O–H groups in total. The SMILES string of the molecule is COc1c(C)cnc(COC2CC(N)C2)c1C. The summed E-state index contributed by atoms with van der Waals surface area (Å²) in [6, 6.07) is 0.321. The van der Waals surface area contributed by atoms with Gasteiger partial charge in [-0.1, -0.05) is 0 Å². The minimum Gasteiger partial charge on any atom is -0.496 e. The van der Waals surface area contributed by atoms with Crippen LogP contribution in [0.4, 0.5) is 0 Å². The molecular weight excluding hydrogens is 216 g/mol. The first-order valence-corrected chi connectivity index (χ1v) is 5.98. The summed E-state index contributed by atoms with van der Waals surface area (Å²) in [6.45, 7) is 4.55. The summed E-state index contributed by atoms with van der Waals surface area (Å²) >= 11 is 0. The van der Waals surface area contributed by atoms with Gasteiger partial charge in [-0.2, -0.15) is 0 Å². The molecule has 1 fully saturated rings. The van der Waals surface area contributed by atoms with E-state index in [4.69, 9.17) is 15.2 Å². The summed E-state index contributed by atoms with van der Waals surface area (Å²) in [7, 11) is 1.69. The fourth-order valence-corrected chi connectivity index (χ4v) is 2.16. The third-order valence-corrected chi connectivity index (χ3v) is 3.34. The van der Waals surface area contributed by atoms with Crippen LogP contribution in [-0.4, -0.2) is 24.2 Å². The highest BCUT2D eigenvalue weighted by Crippen LogP contribution is 2.26. The van der Waals surface area contributed by atoms with E-state index in [9.17, 15) is 0 Å². The van der Waals surface area contributed by atoms with Crippen molar-refractivity contribution in [3.05, 3.63) is 23.0 Å². The van der Waals surface area contributed by atoms with Crippen LogP contribution in [0.15, 0.2) is 6.20 Å². The van der Waals surface area contributed by atoms with E-state index in [1.165, 1.54) is 0 Å². The van der Waals surface area contributed by atoms with Crippen LogP contribution in [0, 0.1) is 13.8 Å². The highest BCUT2D eigenvalue weighted by Gasteiger charge is 2.26. The van der Waals surface area contributed by atoms with Crippen LogP contribution in [0.1, 0.15) is 29.7 Å². The van der Waals surface area contributed by atoms with Crippen molar-refractivity contribution < 1.29 is 9.47 Å². The fourth-order valence-electron chi connectivity index (χ4n) is 2.16. The van der Waals surface area contributed by atoms with Gasteiger partial charge in [0, 0.05) is 23.4 Å². The normalized spacial score (nSPS) is 23.3. The molecule has 2 rings (SSSR count). The van der Waals surface area contributed by atoms with Gasteiger partial charge in [-0.3, -0.25) is 4.98 Å². The molecule has 0 amide bonds. The maximum absolute atomic E-state index is 5.76. The van der Waals surface area contributed by atoms with Gasteiger partial charge in [0.05, 0.1) is 25.5 Å². The number of hydrogen-bond donors (Lipinski definition) is 1. The van der Waals surface area contributed by atoms with Crippen LogP contribution in [0.3, 0.4) is 0 Å². The maximum Gasteiger partial charge on any atom is 0.128 e. The number of rotatable bonds is 4. The number of aryl methyl sites for hydroxylation is 1. The number of aromatic nitrogens is 1. The van der Waals surface area contributed by atoms with E-state index in [0.29, 0.717) is 18.8 Å². The first-order valence-electron chi connectivity index (χ1n) is 5.98. The lowest BCUT2D eigenvalue weighted by atomic mass is 9.90. The molecule has 1 aliphatic rings. The molecule has 94 valence electrons. The second kappa shape index (κ2) is 5.02. The maximum atomic E-state index is 5.76. The molecule has 0 bridgehead atoms. The smallest absolute Gasteiger partial charge is 0.128 e. The molecule has 0 unspecified atom stereocenters. The molecule has 0 aliphatic heterocycles. The van der Waals surface area contributed by atoms with Gasteiger partial charge in [-0.15, -0.1) is 0 Å². The highest BCUT2D eigenvalue weighted by molar-refractivity contribution is 5.40. The summed E-state index contributed by atoms with van der Waals surface area (Å²) in [6.07, 6.45) is 4.06. The van der Waals surface area contributed by atoms with Crippen molar-refractivity contribution in [2.45, 2.75) is 45.4 Å². The third kappa shape index (κ3) is 2.58. The van der Waals surface area contributed by atoms with Crippen molar-refractivity contribution in [2.24, 2.45) is 5.73 Å². The first-order chi connectivity index (χ1) is 8.11. The lowest BCUT2D eigenvalue weighted by molar-refractivity contribution is -0.0204. The van der Waals surface area contributed by atoms with E-state index in [2.05, 4.69) is 4.98 Å². The summed E-state index contributed by atoms with van der Waals surface area (Å²) < 4.78 is 11.1. The lowest BCUT2D eigenvalue weighted by Gasteiger charge is -2.32. The number of hydrogen-bond acceptors (Lipinski definition) is 4. The van der Waals surface area contributed by atoms with Crippen LogP contribution in [0.5, 0.6) is 5.75 Å². The molecule has 4 heteroatoms. The monoisotopic (exact) mass is 236 g/mol. The Bertz CT molecular complexity index is 401. The summed E-state index contributed by atoms with van der Waals surface area (Å²) in [5.74, 6) is 0.906. The standard InChI is InChI=1S/C13H20N2O2/c1-8-6-15-12(9(2)13(8)16-3)7-17-11-4-10(14)5-11/h6,10-11H,4-5,7,14H2,1-3H3. The molecule has 17 heavy (non-hydrogen) atoms. The number of pyridine rings is 1. The zero-order valence-electron chi connectivity index (χ0n) is 10.7. The molecule has 1 aliphatic carbocycles. The largest absolute Gasteiger partial charge is 0.496 e. The van der Waals surface area contributed by atoms with E-state index >= 15 is 0 Å². The molecule has 1 saturated carbocycles. The number of ether oxygens (including phenoxy) is 2. The number of nitrogens with zero attached hydrogens (tertiary/aromatic N) is 1. The van der Waals surface area contributed by atoms with Gasteiger partial charge >= 0.3 is 0 Å². The van der Waals surface area contributed by atoms with Crippen LogP contribution in [0.2, 0.25) is 0 Å². The summed E-state index contributed by atoms with van der Waals surface area (Å²) in [5, 5.41) is 0. The van der Waals surface area contributed by atoms with Crippen molar-refractivity contribution >= 4 is 0 Å². The van der Waals surface area contributed by atoms with Crippen LogP contribution in [-0.2, 0) is 11.3 Å². The topological polar surface area (TPSA) is 57.4 Å². The predicted octanol–water partition coefficient (Wildman–Crippen LogP) is 1.71. The van der Waals surface area contributed by atoms with Gasteiger partial charge in [0.2, 0.25) is 0 Å². The van der Waals surface area contributed by atoms with E-state index in [0.717, 1.165) is 35.4 Å². The summed E-state index contributed by atoms with van der Waals surface area (Å²) in [4.78, 5) is 4.40. The van der Waals surface area contributed by atoms with E-state index in [1.54, 1.807) is 7.11 Å². The van der Waals surface area contributed by atoms with Crippen LogP contribution in [0.25, 0.3) is 0 Å². The van der Waals surface area contributed by atoms with Gasteiger partial charge in [-0.05, 0) is 26.7 Å². The van der Waals surface area contributed by atoms with E-state index in [1.807, 2.05) is 20.0 Å². The van der Waals surface area contributed by atoms with Gasteiger partial charge in [0.1, 0.15) is 5.75 Å². The lowest BCUT2D eigenvalue weighted by Crippen LogP contribution is -2.41. The molecule has 4 nitrogen and oxygen atoms in total. The van der Waals surface area contributed by atoms with Gasteiger partial charge in [0.25, 0.3) is 0 Å². The average molecular weight is 236 g/mol. The second-order valence-electron chi connectivity index (χ2n) is 4.71. The minimum absolute atomic E-state index is 0.304. The van der Waals surface area contributed by atoms with E-state index < -0.39 is 0 Å². The Morgan fingerprint density at radius 1 is 1.41 bits per heavy atom. The van der Waals surface area contributed by atoms with Crippen LogP contribution >= 0.6 is 0 Å². The van der Waals surface area contributed by atoms with Crippen molar-refractivity contribution in [1.82, 2.24) is 4.98 Å². The fraction of sp³-hybridized carbons (Fsp3) is 0.615. The molecular formula is C13H20N2O2. The molecule has 1 aromatic rings. The van der Waals surface area contributed by atoms with Gasteiger partial charge in [-0.25, -0.2) is 0 Å². The van der Waals surface area contributed by atoms with Gasteiger partial charge < -0.3 is 15.2 Å². The Balaban J connectivity index is 2.01. The molecule has 0 atom stereocenters. The quantitative estimate of drug-likeness (QED) is 0.864. The number of methoxy groups -OCH3 is 1. The Morgan fingerprint density at radius 2 is 2.12 bits per heavy atom. The Hall–Kier alpha value is -1.13. The molecule has 0 aromatic carbocycles.